The zero-order chi connectivity index (χ0) is 18.3. The highest BCUT2D eigenvalue weighted by atomic mass is 19.1. The van der Waals surface area contributed by atoms with Crippen molar-refractivity contribution >= 4 is 22.8 Å². The second kappa shape index (κ2) is 5.87. The van der Waals surface area contributed by atoms with Crippen LogP contribution in [0.5, 0.6) is 0 Å². The van der Waals surface area contributed by atoms with Crippen molar-refractivity contribution in [2.45, 2.75) is 19.0 Å². The molecule has 1 fully saturated rings. The number of nitrogens with zero attached hydrogens (tertiary/aromatic N) is 3. The van der Waals surface area contributed by atoms with Gasteiger partial charge in [0.05, 0.1) is 17.8 Å². The number of rotatable bonds is 3. The summed E-state index contributed by atoms with van der Waals surface area (Å²) in [6, 6.07) is 10.8. The third-order valence-corrected chi connectivity index (χ3v) is 4.58. The van der Waals surface area contributed by atoms with Crippen LogP contribution in [0.4, 0.5) is 9.18 Å². The summed E-state index contributed by atoms with van der Waals surface area (Å²) >= 11 is 0. The Balaban J connectivity index is 1.71. The molecule has 0 bridgehead atoms. The molecule has 1 unspecified atom stereocenters. The van der Waals surface area contributed by atoms with E-state index in [1.807, 2.05) is 0 Å². The summed E-state index contributed by atoms with van der Waals surface area (Å²) in [5, 5.41) is 3.06. The smallest absolute Gasteiger partial charge is 0.318 e. The van der Waals surface area contributed by atoms with Crippen LogP contribution in [-0.4, -0.2) is 26.8 Å². The molecule has 1 aliphatic heterocycles. The van der Waals surface area contributed by atoms with Crippen LogP contribution < -0.4 is 5.32 Å². The molecule has 0 aliphatic carbocycles. The van der Waals surface area contributed by atoms with Gasteiger partial charge in [-0.3, -0.25) is 19.7 Å². The molecule has 3 heterocycles. The zero-order valence-electron chi connectivity index (χ0n) is 13.9. The number of amides is 3. The van der Waals surface area contributed by atoms with Crippen LogP contribution in [0.2, 0.25) is 0 Å². The van der Waals surface area contributed by atoms with Crippen molar-refractivity contribution in [1.82, 2.24) is 20.2 Å². The van der Waals surface area contributed by atoms with Crippen molar-refractivity contribution in [3.05, 3.63) is 71.9 Å². The molecule has 0 saturated carbocycles. The molecule has 7 heteroatoms. The van der Waals surface area contributed by atoms with E-state index in [1.165, 1.54) is 6.07 Å². The summed E-state index contributed by atoms with van der Waals surface area (Å²) in [5.74, 6) is -0.804. The molecule has 3 amide bonds. The minimum absolute atomic E-state index is 0.000877. The third-order valence-electron chi connectivity index (χ3n) is 4.58. The van der Waals surface area contributed by atoms with Crippen molar-refractivity contribution < 1.29 is 14.0 Å². The standard InChI is InChI=1S/C19H15FN4O2/c1-19(15-6-2-3-9-21-15)17(25)24(18(26)23-19)11-12-7-8-14(20)13-5-4-10-22-16(12)13/h2-10H,11H2,1H3,(H,23,26). The van der Waals surface area contributed by atoms with E-state index in [9.17, 15) is 14.0 Å². The largest absolute Gasteiger partial charge is 0.325 e. The summed E-state index contributed by atoms with van der Waals surface area (Å²) in [4.78, 5) is 34.9. The van der Waals surface area contributed by atoms with Crippen molar-refractivity contribution in [3.63, 3.8) is 0 Å². The molecule has 0 spiro atoms. The Morgan fingerprint density at radius 3 is 2.65 bits per heavy atom. The Labute approximate surface area is 148 Å². The minimum Gasteiger partial charge on any atom is -0.318 e. The molecule has 4 rings (SSSR count). The Morgan fingerprint density at radius 1 is 1.08 bits per heavy atom. The molecule has 1 aromatic carbocycles. The Bertz CT molecular complexity index is 1020. The first kappa shape index (κ1) is 16.1. The number of hydrogen-bond donors (Lipinski definition) is 1. The van der Waals surface area contributed by atoms with E-state index < -0.39 is 23.3 Å². The van der Waals surface area contributed by atoms with E-state index in [2.05, 4.69) is 15.3 Å². The average Bonchev–Trinajstić information content (AvgIpc) is 2.89. The maximum atomic E-state index is 14.0. The number of carbonyl (C=O) groups excluding carboxylic acids is 2. The SMILES string of the molecule is CC1(c2ccccn2)NC(=O)N(Cc2ccc(F)c3cccnc23)C1=O. The van der Waals surface area contributed by atoms with E-state index in [1.54, 1.807) is 55.7 Å². The predicted octanol–water partition coefficient (Wildman–Crippen LogP) is 2.74. The maximum absolute atomic E-state index is 14.0. The van der Waals surface area contributed by atoms with Crippen LogP contribution in [0.25, 0.3) is 10.9 Å². The lowest BCUT2D eigenvalue weighted by Gasteiger charge is -2.21. The summed E-state index contributed by atoms with van der Waals surface area (Å²) in [6.45, 7) is 1.62. The van der Waals surface area contributed by atoms with Gasteiger partial charge in [-0.15, -0.1) is 0 Å². The van der Waals surface area contributed by atoms with E-state index in [4.69, 9.17) is 0 Å². The fourth-order valence-electron chi connectivity index (χ4n) is 3.17. The van der Waals surface area contributed by atoms with E-state index in [0.29, 0.717) is 22.2 Å². The summed E-state index contributed by atoms with van der Waals surface area (Å²) in [7, 11) is 0. The number of aromatic nitrogens is 2. The third kappa shape index (κ3) is 2.40. The number of halogens is 1. The molecule has 6 nitrogen and oxygen atoms in total. The summed E-state index contributed by atoms with van der Waals surface area (Å²) < 4.78 is 14.0. The molecular weight excluding hydrogens is 335 g/mol. The highest BCUT2D eigenvalue weighted by Gasteiger charge is 2.49. The molecule has 26 heavy (non-hydrogen) atoms. The van der Waals surface area contributed by atoms with Crippen molar-refractivity contribution in [2.75, 3.05) is 0 Å². The number of fused-ring (bicyclic) bond motifs is 1. The van der Waals surface area contributed by atoms with Crippen LogP contribution in [0.3, 0.4) is 0 Å². The molecule has 1 saturated heterocycles. The average molecular weight is 350 g/mol. The molecular formula is C19H15FN4O2. The molecule has 3 aromatic rings. The van der Waals surface area contributed by atoms with Gasteiger partial charge in [-0.25, -0.2) is 9.18 Å². The van der Waals surface area contributed by atoms with Gasteiger partial charge in [-0.2, -0.15) is 0 Å². The van der Waals surface area contributed by atoms with Crippen LogP contribution in [-0.2, 0) is 16.9 Å². The fourth-order valence-corrected chi connectivity index (χ4v) is 3.17. The topological polar surface area (TPSA) is 75.2 Å². The number of imide groups is 1. The van der Waals surface area contributed by atoms with Crippen molar-refractivity contribution in [2.24, 2.45) is 0 Å². The number of carbonyl (C=O) groups is 2. The van der Waals surface area contributed by atoms with Crippen molar-refractivity contribution in [1.29, 1.82) is 0 Å². The van der Waals surface area contributed by atoms with Gasteiger partial charge in [0.15, 0.2) is 5.54 Å². The number of pyridine rings is 2. The van der Waals surface area contributed by atoms with Crippen LogP contribution >= 0.6 is 0 Å². The summed E-state index contributed by atoms with van der Waals surface area (Å²) in [5.41, 5.74) is 0.250. The first-order valence-electron chi connectivity index (χ1n) is 8.08. The number of hydrogen-bond acceptors (Lipinski definition) is 4. The van der Waals surface area contributed by atoms with Gasteiger partial charge in [0.1, 0.15) is 5.82 Å². The Morgan fingerprint density at radius 2 is 1.88 bits per heavy atom. The maximum Gasteiger partial charge on any atom is 0.325 e. The van der Waals surface area contributed by atoms with Gasteiger partial charge in [0.25, 0.3) is 5.91 Å². The Kier molecular flexibility index (Phi) is 3.64. The lowest BCUT2D eigenvalue weighted by Crippen LogP contribution is -2.41. The number of urea groups is 1. The van der Waals surface area contributed by atoms with Gasteiger partial charge in [0, 0.05) is 17.8 Å². The summed E-state index contributed by atoms with van der Waals surface area (Å²) in [6.07, 6.45) is 3.12. The lowest BCUT2D eigenvalue weighted by atomic mass is 9.97. The highest BCUT2D eigenvalue weighted by Crippen LogP contribution is 2.29. The van der Waals surface area contributed by atoms with E-state index in [0.717, 1.165) is 4.90 Å². The normalized spacial score (nSPS) is 19.8. The predicted molar refractivity (Wildman–Crippen MR) is 92.4 cm³/mol. The van der Waals surface area contributed by atoms with Gasteiger partial charge >= 0.3 is 6.03 Å². The number of nitrogens with one attached hydrogen (secondary N) is 1. The number of benzene rings is 1. The van der Waals surface area contributed by atoms with Gasteiger partial charge < -0.3 is 5.32 Å². The van der Waals surface area contributed by atoms with E-state index >= 15 is 0 Å². The fraction of sp³-hybridized carbons (Fsp3) is 0.158. The molecule has 0 radical (unpaired) electrons. The molecule has 130 valence electrons. The van der Waals surface area contributed by atoms with Crippen LogP contribution in [0, 0.1) is 5.82 Å². The zero-order valence-corrected chi connectivity index (χ0v) is 13.9. The highest BCUT2D eigenvalue weighted by molar-refractivity contribution is 6.07. The molecule has 1 N–H and O–H groups in total. The lowest BCUT2D eigenvalue weighted by molar-refractivity contribution is -0.131. The minimum atomic E-state index is -1.23. The first-order chi connectivity index (χ1) is 12.5. The van der Waals surface area contributed by atoms with Crippen LogP contribution in [0.1, 0.15) is 18.2 Å². The van der Waals surface area contributed by atoms with Gasteiger partial charge in [-0.1, -0.05) is 12.1 Å². The Hall–Kier alpha value is -3.35. The second-order valence-electron chi connectivity index (χ2n) is 6.27. The first-order valence-corrected chi connectivity index (χ1v) is 8.08. The molecule has 2 aromatic heterocycles. The second-order valence-corrected chi connectivity index (χ2v) is 6.27. The van der Waals surface area contributed by atoms with Crippen molar-refractivity contribution in [3.8, 4) is 0 Å². The van der Waals surface area contributed by atoms with Crippen LogP contribution in [0.15, 0.2) is 54.9 Å². The molecule has 1 aliphatic rings. The van der Waals surface area contributed by atoms with Gasteiger partial charge in [0.2, 0.25) is 0 Å². The van der Waals surface area contributed by atoms with E-state index in [-0.39, 0.29) is 6.54 Å². The quantitative estimate of drug-likeness (QED) is 0.737. The monoisotopic (exact) mass is 350 g/mol. The molecule has 1 atom stereocenters. The van der Waals surface area contributed by atoms with Gasteiger partial charge in [-0.05, 0) is 42.8 Å².